The van der Waals surface area contributed by atoms with Gasteiger partial charge in [-0.05, 0) is 53.4 Å². The monoisotopic (exact) mass is 555 g/mol. The average molecular weight is 556 g/mol. The van der Waals surface area contributed by atoms with Gasteiger partial charge in [0.25, 0.3) is 0 Å². The Morgan fingerprint density at radius 1 is 0.878 bits per heavy atom. The summed E-state index contributed by atoms with van der Waals surface area (Å²) in [4.78, 5) is 35.0. The summed E-state index contributed by atoms with van der Waals surface area (Å²) >= 11 is 0. The fourth-order valence-corrected chi connectivity index (χ4v) is 6.17. The standard InChI is InChI=1S/C32H33N3O6/c1-38-21-11-9-19(10-12-21)13-14-34-18-28(36)35-25(32(34)37)17-23-22-7-5-6-8-24(22)33-29(23)30(35)20-15-26(39-2)31(41-4)27(16-20)40-3/h5-12,15-16,25,30,33H,13-14,17-18H2,1-4H3/t25-,30+/m0/s1. The molecule has 41 heavy (non-hydrogen) atoms. The van der Waals surface area contributed by atoms with Crippen molar-refractivity contribution in [2.24, 2.45) is 0 Å². The highest BCUT2D eigenvalue weighted by atomic mass is 16.5. The van der Waals surface area contributed by atoms with E-state index in [1.165, 1.54) is 0 Å². The molecule has 2 aliphatic heterocycles. The van der Waals surface area contributed by atoms with Crippen molar-refractivity contribution in [2.75, 3.05) is 41.5 Å². The predicted octanol–water partition coefficient (Wildman–Crippen LogP) is 4.13. The Balaban J connectivity index is 1.41. The van der Waals surface area contributed by atoms with Crippen LogP contribution in [-0.2, 0) is 22.4 Å². The normalized spacial score (nSPS) is 18.2. The first-order valence-electron chi connectivity index (χ1n) is 13.6. The fraction of sp³-hybridized carbons (Fsp3) is 0.312. The van der Waals surface area contributed by atoms with Gasteiger partial charge in [0.1, 0.15) is 11.8 Å². The number of benzene rings is 3. The summed E-state index contributed by atoms with van der Waals surface area (Å²) in [6, 6.07) is 18.4. The van der Waals surface area contributed by atoms with Gasteiger partial charge in [0.2, 0.25) is 17.6 Å². The second-order valence-corrected chi connectivity index (χ2v) is 10.3. The van der Waals surface area contributed by atoms with Gasteiger partial charge in [-0.25, -0.2) is 0 Å². The molecule has 9 heteroatoms. The summed E-state index contributed by atoms with van der Waals surface area (Å²) < 4.78 is 22.1. The molecular weight excluding hydrogens is 522 g/mol. The van der Waals surface area contributed by atoms with Crippen molar-refractivity contribution < 1.29 is 28.5 Å². The SMILES string of the molecule is COc1ccc(CCN2CC(=O)N3[C@H](c4cc(OC)c(OC)c(OC)c4)c4[nH]c5ccccc5c4C[C@H]3C2=O)cc1. The number of nitrogens with zero attached hydrogens (tertiary/aromatic N) is 2. The van der Waals surface area contributed by atoms with Gasteiger partial charge >= 0.3 is 0 Å². The van der Waals surface area contributed by atoms with Crippen molar-refractivity contribution in [1.29, 1.82) is 0 Å². The number of piperazine rings is 1. The minimum atomic E-state index is -0.636. The second-order valence-electron chi connectivity index (χ2n) is 10.3. The van der Waals surface area contributed by atoms with Crippen molar-refractivity contribution in [3.8, 4) is 23.0 Å². The Bertz CT molecular complexity index is 1590. The number of carbonyl (C=O) groups excluding carboxylic acids is 2. The van der Waals surface area contributed by atoms with Crippen molar-refractivity contribution in [1.82, 2.24) is 14.8 Å². The molecule has 2 atom stereocenters. The van der Waals surface area contributed by atoms with E-state index >= 15 is 0 Å². The number of hydrogen-bond acceptors (Lipinski definition) is 6. The van der Waals surface area contributed by atoms with Crippen LogP contribution in [0.4, 0.5) is 0 Å². The molecule has 0 unspecified atom stereocenters. The molecule has 0 spiro atoms. The van der Waals surface area contributed by atoms with Crippen molar-refractivity contribution in [2.45, 2.75) is 24.9 Å². The molecule has 212 valence electrons. The Kier molecular flexibility index (Phi) is 6.95. The first-order chi connectivity index (χ1) is 20.0. The number of methoxy groups -OCH3 is 4. The lowest BCUT2D eigenvalue weighted by Gasteiger charge is -2.47. The number of fused-ring (bicyclic) bond motifs is 4. The van der Waals surface area contributed by atoms with Gasteiger partial charge in [-0.15, -0.1) is 0 Å². The van der Waals surface area contributed by atoms with Crippen LogP contribution in [0.3, 0.4) is 0 Å². The molecule has 4 aromatic rings. The van der Waals surface area contributed by atoms with Crippen LogP contribution < -0.4 is 18.9 Å². The second kappa shape index (κ2) is 10.7. The molecule has 1 saturated heterocycles. The van der Waals surface area contributed by atoms with Gasteiger partial charge in [0.05, 0.1) is 41.0 Å². The quantitative estimate of drug-likeness (QED) is 0.352. The molecule has 9 nitrogen and oxygen atoms in total. The van der Waals surface area contributed by atoms with E-state index in [2.05, 4.69) is 11.1 Å². The van der Waals surface area contributed by atoms with Gasteiger partial charge in [-0.1, -0.05) is 30.3 Å². The highest BCUT2D eigenvalue weighted by Gasteiger charge is 2.48. The van der Waals surface area contributed by atoms with Crippen LogP contribution in [-0.4, -0.2) is 74.2 Å². The highest BCUT2D eigenvalue weighted by molar-refractivity contribution is 5.97. The number of rotatable bonds is 8. The molecule has 3 aromatic carbocycles. The molecule has 1 aromatic heterocycles. The first kappa shape index (κ1) is 26.6. The number of ether oxygens (including phenoxy) is 4. The molecule has 1 N–H and O–H groups in total. The third-order valence-electron chi connectivity index (χ3n) is 8.17. The summed E-state index contributed by atoms with van der Waals surface area (Å²) in [7, 11) is 6.32. The largest absolute Gasteiger partial charge is 0.497 e. The number of aromatic nitrogens is 1. The number of nitrogens with one attached hydrogen (secondary N) is 1. The Labute approximate surface area is 238 Å². The molecule has 2 aliphatic rings. The maximum atomic E-state index is 14.1. The number of carbonyl (C=O) groups is 2. The molecule has 0 radical (unpaired) electrons. The lowest BCUT2D eigenvalue weighted by molar-refractivity contribution is -0.158. The third kappa shape index (κ3) is 4.51. The van der Waals surface area contributed by atoms with E-state index in [-0.39, 0.29) is 18.4 Å². The Hall–Kier alpha value is -4.66. The van der Waals surface area contributed by atoms with E-state index < -0.39 is 12.1 Å². The summed E-state index contributed by atoms with van der Waals surface area (Å²) in [6.07, 6.45) is 1.08. The van der Waals surface area contributed by atoms with E-state index in [9.17, 15) is 9.59 Å². The van der Waals surface area contributed by atoms with Crippen molar-refractivity contribution in [3.05, 3.63) is 83.0 Å². The number of amides is 2. The van der Waals surface area contributed by atoms with Crippen LogP contribution in [0, 0.1) is 0 Å². The lowest BCUT2D eigenvalue weighted by Crippen LogP contribution is -2.63. The van der Waals surface area contributed by atoms with Gasteiger partial charge in [0.15, 0.2) is 11.5 Å². The number of H-pyrrole nitrogens is 1. The number of para-hydroxylation sites is 1. The number of aromatic amines is 1. The van der Waals surface area contributed by atoms with Crippen LogP contribution in [0.25, 0.3) is 10.9 Å². The summed E-state index contributed by atoms with van der Waals surface area (Å²) in [5, 5.41) is 1.05. The summed E-state index contributed by atoms with van der Waals surface area (Å²) in [5.74, 6) is 2.06. The highest BCUT2D eigenvalue weighted by Crippen LogP contribution is 2.47. The van der Waals surface area contributed by atoms with E-state index in [0.717, 1.165) is 39.0 Å². The van der Waals surface area contributed by atoms with Gasteiger partial charge in [0, 0.05) is 29.6 Å². The predicted molar refractivity (Wildman–Crippen MR) is 154 cm³/mol. The minimum absolute atomic E-state index is 0.0158. The first-order valence-corrected chi connectivity index (χ1v) is 13.6. The van der Waals surface area contributed by atoms with E-state index in [4.69, 9.17) is 18.9 Å². The van der Waals surface area contributed by atoms with Crippen LogP contribution in [0.5, 0.6) is 23.0 Å². The molecule has 0 bridgehead atoms. The maximum absolute atomic E-state index is 14.1. The Morgan fingerprint density at radius 3 is 2.24 bits per heavy atom. The zero-order chi connectivity index (χ0) is 28.7. The van der Waals surface area contributed by atoms with Gasteiger partial charge in [-0.3, -0.25) is 9.59 Å². The van der Waals surface area contributed by atoms with Gasteiger partial charge in [-0.2, -0.15) is 0 Å². The van der Waals surface area contributed by atoms with Crippen LogP contribution in [0.1, 0.15) is 28.4 Å². The van der Waals surface area contributed by atoms with Crippen molar-refractivity contribution >= 4 is 22.7 Å². The van der Waals surface area contributed by atoms with Crippen LogP contribution >= 0.6 is 0 Å². The molecule has 1 fully saturated rings. The Morgan fingerprint density at radius 2 is 1.59 bits per heavy atom. The molecule has 3 heterocycles. The molecule has 0 saturated carbocycles. The zero-order valence-electron chi connectivity index (χ0n) is 23.6. The molecule has 6 rings (SSSR count). The lowest BCUT2D eigenvalue weighted by atomic mass is 9.86. The average Bonchev–Trinajstić information content (AvgIpc) is 3.38. The van der Waals surface area contributed by atoms with Crippen molar-refractivity contribution in [3.63, 3.8) is 0 Å². The van der Waals surface area contributed by atoms with E-state index in [1.807, 2.05) is 54.6 Å². The summed E-state index contributed by atoms with van der Waals surface area (Å²) in [5.41, 5.74) is 4.74. The minimum Gasteiger partial charge on any atom is -0.497 e. The molecule has 0 aliphatic carbocycles. The van der Waals surface area contributed by atoms with Gasteiger partial charge < -0.3 is 33.7 Å². The van der Waals surface area contributed by atoms with E-state index in [0.29, 0.717) is 36.6 Å². The maximum Gasteiger partial charge on any atom is 0.246 e. The van der Waals surface area contributed by atoms with Crippen LogP contribution in [0.2, 0.25) is 0 Å². The molecule has 2 amide bonds. The third-order valence-corrected chi connectivity index (χ3v) is 8.17. The fourth-order valence-electron chi connectivity index (χ4n) is 6.17. The van der Waals surface area contributed by atoms with E-state index in [1.54, 1.807) is 38.2 Å². The number of hydrogen-bond donors (Lipinski definition) is 1. The summed E-state index contributed by atoms with van der Waals surface area (Å²) in [6.45, 7) is 0.471. The smallest absolute Gasteiger partial charge is 0.246 e. The van der Waals surface area contributed by atoms with Crippen LogP contribution in [0.15, 0.2) is 60.7 Å². The molecular formula is C32H33N3O6. The zero-order valence-corrected chi connectivity index (χ0v) is 23.6. The topological polar surface area (TPSA) is 93.3 Å².